The number of aliphatic carboxylic acids is 1. The minimum Gasteiger partial charge on any atom is -0.480 e. The van der Waals surface area contributed by atoms with Crippen LogP contribution in [0.25, 0.3) is 0 Å². The molecule has 0 saturated carbocycles. The number of unbranched alkanes of at least 4 members (excludes halogenated alkanes) is 2. The third-order valence-electron chi connectivity index (χ3n) is 6.17. The molecule has 7 nitrogen and oxygen atoms in total. The normalized spacial score (nSPS) is 21.3. The molecule has 1 aromatic rings. The Balaban J connectivity index is 1.26. The van der Waals surface area contributed by atoms with Gasteiger partial charge in [0.05, 0.1) is 6.54 Å². The molecule has 2 aliphatic heterocycles. The minimum absolute atomic E-state index is 0.0323. The molecular weight excluding hydrogens is 368 g/mol. The first kappa shape index (κ1) is 21.7. The molecule has 0 radical (unpaired) electrons. The summed E-state index contributed by atoms with van der Waals surface area (Å²) < 4.78 is 0. The maximum atomic E-state index is 12.3. The van der Waals surface area contributed by atoms with Gasteiger partial charge in [-0.2, -0.15) is 0 Å². The van der Waals surface area contributed by atoms with Crippen molar-refractivity contribution < 1.29 is 14.7 Å². The fraction of sp³-hybridized carbons (Fsp3) is 0.682. The highest BCUT2D eigenvalue weighted by Gasteiger charge is 2.26. The molecule has 29 heavy (non-hydrogen) atoms. The van der Waals surface area contributed by atoms with Crippen molar-refractivity contribution in [3.8, 4) is 0 Å². The Morgan fingerprint density at radius 3 is 2.69 bits per heavy atom. The molecule has 1 amide bonds. The van der Waals surface area contributed by atoms with Gasteiger partial charge >= 0.3 is 5.97 Å². The first-order valence-corrected chi connectivity index (χ1v) is 11.0. The van der Waals surface area contributed by atoms with Gasteiger partial charge in [0, 0.05) is 30.9 Å². The molecule has 160 valence electrons. The number of carboxylic acid groups (broad SMARTS) is 1. The van der Waals surface area contributed by atoms with Crippen LogP contribution >= 0.6 is 0 Å². The van der Waals surface area contributed by atoms with Crippen LogP contribution in [0.15, 0.2) is 24.5 Å². The maximum absolute atomic E-state index is 12.3. The van der Waals surface area contributed by atoms with Crippen molar-refractivity contribution in [2.75, 3.05) is 39.3 Å². The molecule has 1 atom stereocenters. The smallest absolute Gasteiger partial charge is 0.317 e. The molecule has 0 spiro atoms. The highest BCUT2D eigenvalue weighted by Crippen LogP contribution is 2.31. The van der Waals surface area contributed by atoms with Crippen molar-refractivity contribution >= 4 is 11.9 Å². The summed E-state index contributed by atoms with van der Waals surface area (Å²) in [6.45, 7) is 4.47. The average Bonchev–Trinajstić information content (AvgIpc) is 3.19. The van der Waals surface area contributed by atoms with Crippen LogP contribution in [0.2, 0.25) is 0 Å². The Bertz CT molecular complexity index is 647. The molecule has 1 aromatic heterocycles. The second-order valence-corrected chi connectivity index (χ2v) is 8.28. The SMILES string of the molecule is O=C(O)CN1CCC(C(=O)NCCCCCN2CCC[C@H]2c2cccnc2)CC1. The summed E-state index contributed by atoms with van der Waals surface area (Å²) in [4.78, 5) is 31.8. The van der Waals surface area contributed by atoms with Gasteiger partial charge in [-0.25, -0.2) is 0 Å². The van der Waals surface area contributed by atoms with Gasteiger partial charge in [-0.3, -0.25) is 24.4 Å². The summed E-state index contributed by atoms with van der Waals surface area (Å²) in [6, 6.07) is 4.71. The maximum Gasteiger partial charge on any atom is 0.317 e. The van der Waals surface area contributed by atoms with Gasteiger partial charge < -0.3 is 10.4 Å². The number of rotatable bonds is 10. The van der Waals surface area contributed by atoms with Gasteiger partial charge in [0.2, 0.25) is 5.91 Å². The standard InChI is InChI=1S/C22H34N4O3/c27-21(28)17-25-14-8-18(9-15-25)22(29)24-11-2-1-3-12-26-13-5-7-20(26)19-6-4-10-23-16-19/h4,6,10,16,18,20H,1-3,5,7-9,11-15,17H2,(H,24,29)(H,27,28)/t20-/m0/s1. The van der Waals surface area contributed by atoms with Crippen LogP contribution < -0.4 is 5.32 Å². The van der Waals surface area contributed by atoms with E-state index in [-0.39, 0.29) is 18.4 Å². The Labute approximate surface area is 173 Å². The van der Waals surface area contributed by atoms with Gasteiger partial charge in [0.15, 0.2) is 0 Å². The van der Waals surface area contributed by atoms with Crippen LogP contribution in [-0.2, 0) is 9.59 Å². The number of nitrogens with zero attached hydrogens (tertiary/aromatic N) is 3. The first-order chi connectivity index (χ1) is 14.1. The molecule has 0 aromatic carbocycles. The van der Waals surface area contributed by atoms with Crippen LogP contribution in [-0.4, -0.2) is 71.0 Å². The van der Waals surface area contributed by atoms with E-state index in [0.29, 0.717) is 19.1 Å². The van der Waals surface area contributed by atoms with Gasteiger partial charge in [-0.1, -0.05) is 12.5 Å². The number of hydrogen-bond donors (Lipinski definition) is 2. The predicted octanol–water partition coefficient (Wildman–Crippen LogP) is 2.30. The molecule has 2 aliphatic rings. The van der Waals surface area contributed by atoms with Gasteiger partial charge in [-0.05, 0) is 76.3 Å². The Morgan fingerprint density at radius 1 is 1.14 bits per heavy atom. The zero-order valence-corrected chi connectivity index (χ0v) is 17.3. The summed E-state index contributed by atoms with van der Waals surface area (Å²) in [5.41, 5.74) is 1.33. The van der Waals surface area contributed by atoms with Gasteiger partial charge in [0.1, 0.15) is 0 Å². The third kappa shape index (κ3) is 6.78. The van der Waals surface area contributed by atoms with Crippen molar-refractivity contribution in [3.63, 3.8) is 0 Å². The minimum atomic E-state index is -0.798. The zero-order chi connectivity index (χ0) is 20.5. The Hall–Kier alpha value is -1.99. The molecule has 0 bridgehead atoms. The Morgan fingerprint density at radius 2 is 1.97 bits per heavy atom. The molecular formula is C22H34N4O3. The predicted molar refractivity (Wildman–Crippen MR) is 111 cm³/mol. The van der Waals surface area contributed by atoms with Crippen LogP contribution in [0.1, 0.15) is 56.6 Å². The highest BCUT2D eigenvalue weighted by atomic mass is 16.4. The van der Waals surface area contributed by atoms with Gasteiger partial charge in [0.25, 0.3) is 0 Å². The molecule has 3 heterocycles. The van der Waals surface area contributed by atoms with Crippen molar-refractivity contribution in [1.82, 2.24) is 20.1 Å². The number of likely N-dealkylation sites (tertiary alicyclic amines) is 2. The second kappa shape index (κ2) is 11.3. The van der Waals surface area contributed by atoms with E-state index in [1.807, 2.05) is 23.4 Å². The van der Waals surface area contributed by atoms with Crippen LogP contribution in [0, 0.1) is 5.92 Å². The van der Waals surface area contributed by atoms with Crippen molar-refractivity contribution in [2.45, 2.75) is 51.0 Å². The third-order valence-corrected chi connectivity index (χ3v) is 6.17. The van der Waals surface area contributed by atoms with E-state index in [2.05, 4.69) is 21.3 Å². The van der Waals surface area contributed by atoms with E-state index < -0.39 is 5.97 Å². The summed E-state index contributed by atoms with van der Waals surface area (Å²) in [7, 11) is 0. The molecule has 2 N–H and O–H groups in total. The fourth-order valence-corrected chi connectivity index (χ4v) is 4.56. The molecule has 2 saturated heterocycles. The molecule has 3 rings (SSSR count). The van der Waals surface area contributed by atoms with Gasteiger partial charge in [-0.15, -0.1) is 0 Å². The van der Waals surface area contributed by atoms with E-state index in [1.165, 1.54) is 18.4 Å². The molecule has 0 unspecified atom stereocenters. The number of carboxylic acids is 1. The lowest BCUT2D eigenvalue weighted by atomic mass is 9.96. The average molecular weight is 403 g/mol. The number of amides is 1. The first-order valence-electron chi connectivity index (χ1n) is 11.0. The number of piperidine rings is 1. The zero-order valence-electron chi connectivity index (χ0n) is 17.3. The van der Waals surface area contributed by atoms with Crippen molar-refractivity contribution in [2.24, 2.45) is 5.92 Å². The second-order valence-electron chi connectivity index (χ2n) is 8.28. The quantitative estimate of drug-likeness (QED) is 0.584. The van der Waals surface area contributed by atoms with E-state index in [1.54, 1.807) is 0 Å². The monoisotopic (exact) mass is 402 g/mol. The number of pyridine rings is 1. The molecule has 7 heteroatoms. The van der Waals surface area contributed by atoms with Crippen LogP contribution in [0.5, 0.6) is 0 Å². The fourth-order valence-electron chi connectivity index (χ4n) is 4.56. The largest absolute Gasteiger partial charge is 0.480 e. The summed E-state index contributed by atoms with van der Waals surface area (Å²) >= 11 is 0. The number of carbonyl (C=O) groups is 2. The van der Waals surface area contributed by atoms with E-state index >= 15 is 0 Å². The summed E-state index contributed by atoms with van der Waals surface area (Å²) in [5.74, 6) is -0.630. The highest BCUT2D eigenvalue weighted by molar-refractivity contribution is 5.78. The Kier molecular flexibility index (Phi) is 8.43. The molecule has 2 fully saturated rings. The van der Waals surface area contributed by atoms with Crippen molar-refractivity contribution in [1.29, 1.82) is 0 Å². The van der Waals surface area contributed by atoms with Crippen LogP contribution in [0.4, 0.5) is 0 Å². The van der Waals surface area contributed by atoms with Crippen molar-refractivity contribution in [3.05, 3.63) is 30.1 Å². The lowest BCUT2D eigenvalue weighted by molar-refractivity contribution is -0.138. The number of nitrogens with one attached hydrogen (secondary N) is 1. The van der Waals surface area contributed by atoms with Crippen LogP contribution in [0.3, 0.4) is 0 Å². The van der Waals surface area contributed by atoms with E-state index in [4.69, 9.17) is 5.11 Å². The number of hydrogen-bond acceptors (Lipinski definition) is 5. The lowest BCUT2D eigenvalue weighted by Crippen LogP contribution is -2.42. The van der Waals surface area contributed by atoms with E-state index in [9.17, 15) is 9.59 Å². The topological polar surface area (TPSA) is 85.8 Å². The summed E-state index contributed by atoms with van der Waals surface area (Å²) in [5, 5.41) is 11.9. The number of aromatic nitrogens is 1. The summed E-state index contributed by atoms with van der Waals surface area (Å²) in [6.07, 6.45) is 11.1. The molecule has 0 aliphatic carbocycles. The lowest BCUT2D eigenvalue weighted by Gasteiger charge is -2.30. The number of carbonyl (C=O) groups excluding carboxylic acids is 1. The van der Waals surface area contributed by atoms with E-state index in [0.717, 1.165) is 51.7 Å².